The minimum atomic E-state index is -1.02. The van der Waals surface area contributed by atoms with Gasteiger partial charge < -0.3 is 10.0 Å². The van der Waals surface area contributed by atoms with E-state index >= 15 is 0 Å². The molecule has 5 nitrogen and oxygen atoms in total. The normalized spacial score (nSPS) is 16.0. The van der Waals surface area contributed by atoms with Crippen LogP contribution in [0.2, 0.25) is 0 Å². The minimum Gasteiger partial charge on any atom is -0.385 e. The first-order valence-corrected chi connectivity index (χ1v) is 5.41. The van der Waals surface area contributed by atoms with Crippen LogP contribution in [0.25, 0.3) is 0 Å². The topological polar surface area (TPSA) is 94.8 Å². The number of β-amino-alcohol motifs (C(OH)–C–C–N with tert-alkyl or cyclic N) is 1. The van der Waals surface area contributed by atoms with Gasteiger partial charge in [0.2, 0.25) is 0 Å². The third-order valence-corrected chi connectivity index (χ3v) is 2.97. The van der Waals surface area contributed by atoms with Crippen molar-refractivity contribution in [3.05, 3.63) is 29.3 Å². The van der Waals surface area contributed by atoms with Crippen molar-refractivity contribution in [2.24, 2.45) is 0 Å². The molecule has 0 aromatic heterocycles. The van der Waals surface area contributed by atoms with Gasteiger partial charge in [0.1, 0.15) is 17.7 Å². The number of hydrogen-bond donors (Lipinski definition) is 1. The second-order valence-corrected chi connectivity index (χ2v) is 4.34. The molecule has 0 atom stereocenters. The number of rotatable bonds is 2. The first-order valence-electron chi connectivity index (χ1n) is 5.41. The van der Waals surface area contributed by atoms with E-state index in [1.165, 1.54) is 0 Å². The predicted octanol–water partition coefficient (Wildman–Crippen LogP) is 0.895. The lowest BCUT2D eigenvalue weighted by atomic mass is 9.89. The van der Waals surface area contributed by atoms with E-state index in [0.717, 1.165) is 0 Å². The van der Waals surface area contributed by atoms with Gasteiger partial charge in [-0.2, -0.15) is 15.8 Å². The van der Waals surface area contributed by atoms with Gasteiger partial charge in [0.25, 0.3) is 0 Å². The Labute approximate surface area is 105 Å². The second-order valence-electron chi connectivity index (χ2n) is 4.34. The van der Waals surface area contributed by atoms with Crippen molar-refractivity contribution in [2.75, 3.05) is 18.0 Å². The van der Waals surface area contributed by atoms with Crippen LogP contribution < -0.4 is 4.90 Å². The highest BCUT2D eigenvalue weighted by molar-refractivity contribution is 5.69. The van der Waals surface area contributed by atoms with Crippen molar-refractivity contribution >= 4 is 5.69 Å². The fourth-order valence-electron chi connectivity index (χ4n) is 2.15. The molecule has 0 spiro atoms. The molecular weight excluding hydrogens is 228 g/mol. The molecule has 0 radical (unpaired) electrons. The Kier molecular flexibility index (Phi) is 2.90. The molecule has 1 aliphatic heterocycles. The maximum atomic E-state index is 9.94. The van der Waals surface area contributed by atoms with Crippen LogP contribution in [0.4, 0.5) is 5.69 Å². The number of para-hydroxylation sites is 1. The van der Waals surface area contributed by atoms with Gasteiger partial charge in [-0.15, -0.1) is 0 Å². The first-order chi connectivity index (χ1) is 8.63. The number of aliphatic hydroxyl groups is 1. The fourth-order valence-corrected chi connectivity index (χ4v) is 2.15. The Balaban J connectivity index is 2.30. The number of hydrogen-bond acceptors (Lipinski definition) is 5. The van der Waals surface area contributed by atoms with Crippen LogP contribution in [-0.4, -0.2) is 23.8 Å². The highest BCUT2D eigenvalue weighted by atomic mass is 16.3. The fraction of sp³-hybridized carbons (Fsp3) is 0.308. The van der Waals surface area contributed by atoms with Gasteiger partial charge in [-0.3, -0.25) is 0 Å². The Morgan fingerprint density at radius 3 is 2.17 bits per heavy atom. The molecule has 2 rings (SSSR count). The Morgan fingerprint density at radius 1 is 1.17 bits per heavy atom. The predicted molar refractivity (Wildman–Crippen MR) is 63.3 cm³/mol. The van der Waals surface area contributed by atoms with Gasteiger partial charge in [0.05, 0.1) is 29.3 Å². The van der Waals surface area contributed by atoms with E-state index in [0.29, 0.717) is 16.8 Å². The Bertz CT molecular complexity index is 565. The van der Waals surface area contributed by atoms with Crippen LogP contribution in [0, 0.1) is 34.0 Å². The van der Waals surface area contributed by atoms with E-state index in [9.17, 15) is 5.11 Å². The van der Waals surface area contributed by atoms with E-state index < -0.39 is 5.60 Å². The van der Waals surface area contributed by atoms with Crippen LogP contribution in [0.3, 0.4) is 0 Å². The summed E-state index contributed by atoms with van der Waals surface area (Å²) in [5.41, 5.74) is 0.343. The zero-order valence-corrected chi connectivity index (χ0v) is 9.59. The standard InChI is InChI=1S/C13H10N4O/c14-5-4-13(18)8-17(9-13)12-10(6-15)2-1-3-11(12)7-16/h1-3,18H,4,8-9H2. The molecule has 0 saturated carbocycles. The summed E-state index contributed by atoms with van der Waals surface area (Å²) in [6.07, 6.45) is 0.0557. The van der Waals surface area contributed by atoms with Gasteiger partial charge >= 0.3 is 0 Å². The minimum absolute atomic E-state index is 0.0557. The second kappa shape index (κ2) is 4.37. The third-order valence-electron chi connectivity index (χ3n) is 2.97. The molecule has 0 bridgehead atoms. The maximum absolute atomic E-state index is 9.94. The molecule has 1 fully saturated rings. The van der Waals surface area contributed by atoms with Crippen molar-refractivity contribution in [2.45, 2.75) is 12.0 Å². The van der Waals surface area contributed by atoms with Gasteiger partial charge in [-0.25, -0.2) is 0 Å². The third kappa shape index (κ3) is 1.86. The molecule has 1 N–H and O–H groups in total. The molecule has 1 aliphatic rings. The summed E-state index contributed by atoms with van der Waals surface area (Å²) in [5, 5.41) is 36.6. The molecule has 1 saturated heterocycles. The summed E-state index contributed by atoms with van der Waals surface area (Å²) in [7, 11) is 0. The van der Waals surface area contributed by atoms with Crippen molar-refractivity contribution in [1.29, 1.82) is 15.8 Å². The smallest absolute Gasteiger partial charge is 0.112 e. The van der Waals surface area contributed by atoms with Gasteiger partial charge in [-0.05, 0) is 12.1 Å². The zero-order chi connectivity index (χ0) is 13.2. The maximum Gasteiger partial charge on any atom is 0.112 e. The average Bonchev–Trinajstić information content (AvgIpc) is 2.35. The van der Waals surface area contributed by atoms with Gasteiger partial charge in [0.15, 0.2) is 0 Å². The highest BCUT2D eigenvalue weighted by Gasteiger charge is 2.42. The zero-order valence-electron chi connectivity index (χ0n) is 9.59. The van der Waals surface area contributed by atoms with Crippen molar-refractivity contribution in [1.82, 2.24) is 0 Å². The molecule has 18 heavy (non-hydrogen) atoms. The summed E-state index contributed by atoms with van der Waals surface area (Å²) < 4.78 is 0. The average molecular weight is 238 g/mol. The molecule has 5 heteroatoms. The van der Waals surface area contributed by atoms with Crippen LogP contribution in [-0.2, 0) is 0 Å². The summed E-state index contributed by atoms with van der Waals surface area (Å²) in [4.78, 5) is 1.76. The molecule has 88 valence electrons. The largest absolute Gasteiger partial charge is 0.385 e. The number of anilines is 1. The van der Waals surface area contributed by atoms with Crippen molar-refractivity contribution in [3.63, 3.8) is 0 Å². The van der Waals surface area contributed by atoms with Crippen LogP contribution >= 0.6 is 0 Å². The lowest BCUT2D eigenvalue weighted by Gasteiger charge is -2.47. The molecule has 0 unspecified atom stereocenters. The summed E-state index contributed by atoms with van der Waals surface area (Å²) >= 11 is 0. The highest BCUT2D eigenvalue weighted by Crippen LogP contribution is 2.34. The lowest BCUT2D eigenvalue weighted by Crippen LogP contribution is -2.62. The summed E-state index contributed by atoms with van der Waals surface area (Å²) in [6.45, 7) is 0.544. The van der Waals surface area contributed by atoms with E-state index in [4.69, 9.17) is 15.8 Å². The first kappa shape index (κ1) is 11.9. The number of benzene rings is 1. The molecule has 0 amide bonds. The van der Waals surface area contributed by atoms with Crippen molar-refractivity contribution in [3.8, 4) is 18.2 Å². The Morgan fingerprint density at radius 2 is 1.72 bits per heavy atom. The van der Waals surface area contributed by atoms with E-state index in [2.05, 4.69) is 0 Å². The SMILES string of the molecule is N#CCC1(O)CN(c2c(C#N)cccc2C#N)C1. The molecule has 0 aliphatic carbocycles. The van der Waals surface area contributed by atoms with Gasteiger partial charge in [-0.1, -0.05) is 6.07 Å². The summed E-state index contributed by atoms with van der Waals surface area (Å²) in [6, 6.07) is 10.9. The van der Waals surface area contributed by atoms with E-state index in [-0.39, 0.29) is 19.5 Å². The van der Waals surface area contributed by atoms with Crippen LogP contribution in [0.1, 0.15) is 17.5 Å². The summed E-state index contributed by atoms with van der Waals surface area (Å²) in [5.74, 6) is 0. The molecule has 1 aromatic carbocycles. The molecule has 1 aromatic rings. The molecular formula is C13H10N4O. The van der Waals surface area contributed by atoms with Crippen LogP contribution in [0.15, 0.2) is 18.2 Å². The lowest BCUT2D eigenvalue weighted by molar-refractivity contribution is 0.0166. The Hall–Kier alpha value is -2.55. The van der Waals surface area contributed by atoms with Gasteiger partial charge in [0, 0.05) is 13.1 Å². The monoisotopic (exact) mass is 238 g/mol. The van der Waals surface area contributed by atoms with E-state index in [1.807, 2.05) is 18.2 Å². The van der Waals surface area contributed by atoms with Crippen LogP contribution in [0.5, 0.6) is 0 Å². The van der Waals surface area contributed by atoms with E-state index in [1.54, 1.807) is 23.1 Å². The molecule has 1 heterocycles. The van der Waals surface area contributed by atoms with Crippen molar-refractivity contribution < 1.29 is 5.11 Å². The number of nitrogens with zero attached hydrogens (tertiary/aromatic N) is 4. The quantitative estimate of drug-likeness (QED) is 0.825. The number of nitriles is 3.